The lowest BCUT2D eigenvalue weighted by atomic mass is 9.64. The summed E-state index contributed by atoms with van der Waals surface area (Å²) in [7, 11) is 4.54. The highest BCUT2D eigenvalue weighted by Gasteiger charge is 2.71. The SMILES string of the molecule is COc1cc([C@H]2[C@@H](C(C)=O)N3c4ccccc4C=C[C@H]3C23C(=O)c2ccccc2C3=O)cc(OC)c1OC. The summed E-state index contributed by atoms with van der Waals surface area (Å²) in [6.07, 6.45) is 3.84. The van der Waals surface area contributed by atoms with Crippen molar-refractivity contribution >= 4 is 29.1 Å². The Morgan fingerprint density at radius 1 is 0.842 bits per heavy atom. The molecular weight excluding hydrogens is 482 g/mol. The van der Waals surface area contributed by atoms with E-state index in [4.69, 9.17) is 14.2 Å². The first kappa shape index (κ1) is 24.0. The highest BCUT2D eigenvalue weighted by atomic mass is 16.5. The molecule has 0 saturated carbocycles. The molecule has 6 rings (SSSR count). The maximum Gasteiger partial charge on any atom is 0.203 e. The first-order valence-electron chi connectivity index (χ1n) is 12.4. The predicted octanol–water partition coefficient (Wildman–Crippen LogP) is 4.73. The van der Waals surface area contributed by atoms with Gasteiger partial charge in [-0.1, -0.05) is 54.6 Å². The number of benzene rings is 3. The molecule has 38 heavy (non-hydrogen) atoms. The number of fused-ring (bicyclic) bond motifs is 5. The molecule has 3 aliphatic rings. The normalized spacial score (nSPS) is 22.2. The molecule has 0 amide bonds. The van der Waals surface area contributed by atoms with E-state index >= 15 is 0 Å². The van der Waals surface area contributed by atoms with Crippen molar-refractivity contribution in [3.05, 3.63) is 89.0 Å². The number of hydrogen-bond donors (Lipinski definition) is 0. The van der Waals surface area contributed by atoms with E-state index in [9.17, 15) is 14.4 Å². The van der Waals surface area contributed by atoms with Gasteiger partial charge in [-0.3, -0.25) is 14.4 Å². The number of carbonyl (C=O) groups is 3. The number of para-hydroxylation sites is 1. The summed E-state index contributed by atoms with van der Waals surface area (Å²) in [6.45, 7) is 1.52. The molecule has 0 unspecified atom stereocenters. The van der Waals surface area contributed by atoms with E-state index in [0.717, 1.165) is 11.3 Å². The fourth-order valence-electron chi connectivity index (χ4n) is 6.72. The Labute approximate surface area is 220 Å². The van der Waals surface area contributed by atoms with Crippen molar-refractivity contribution in [1.29, 1.82) is 0 Å². The summed E-state index contributed by atoms with van der Waals surface area (Å²) in [5.41, 5.74) is 1.53. The van der Waals surface area contributed by atoms with Gasteiger partial charge in [-0.2, -0.15) is 0 Å². The van der Waals surface area contributed by atoms with Crippen LogP contribution in [0.1, 0.15) is 44.7 Å². The third kappa shape index (κ3) is 2.93. The molecule has 1 spiro atoms. The summed E-state index contributed by atoms with van der Waals surface area (Å²) >= 11 is 0. The van der Waals surface area contributed by atoms with Crippen LogP contribution >= 0.6 is 0 Å². The highest BCUT2D eigenvalue weighted by Crippen LogP contribution is 2.61. The zero-order valence-corrected chi connectivity index (χ0v) is 21.6. The molecule has 2 heterocycles. The summed E-state index contributed by atoms with van der Waals surface area (Å²) in [5.74, 6) is -0.361. The lowest BCUT2D eigenvalue weighted by Crippen LogP contribution is -2.48. The summed E-state index contributed by atoms with van der Waals surface area (Å²) < 4.78 is 16.8. The Kier molecular flexibility index (Phi) is 5.42. The number of nitrogens with zero attached hydrogens (tertiary/aromatic N) is 1. The van der Waals surface area contributed by atoms with Crippen molar-refractivity contribution in [2.45, 2.75) is 24.9 Å². The number of hydrogen-bond acceptors (Lipinski definition) is 7. The van der Waals surface area contributed by atoms with E-state index in [1.807, 2.05) is 41.3 Å². The Morgan fingerprint density at radius 3 is 1.97 bits per heavy atom. The quantitative estimate of drug-likeness (QED) is 0.460. The van der Waals surface area contributed by atoms with E-state index in [2.05, 4.69) is 0 Å². The zero-order chi connectivity index (χ0) is 26.8. The second-order valence-corrected chi connectivity index (χ2v) is 9.83. The smallest absolute Gasteiger partial charge is 0.203 e. The molecule has 0 radical (unpaired) electrons. The largest absolute Gasteiger partial charge is 0.493 e. The minimum atomic E-state index is -1.56. The lowest BCUT2D eigenvalue weighted by molar-refractivity contribution is -0.118. The predicted molar refractivity (Wildman–Crippen MR) is 143 cm³/mol. The average Bonchev–Trinajstić information content (AvgIpc) is 3.38. The van der Waals surface area contributed by atoms with Crippen LogP contribution in [0.2, 0.25) is 0 Å². The van der Waals surface area contributed by atoms with Crippen molar-refractivity contribution in [2.24, 2.45) is 5.41 Å². The van der Waals surface area contributed by atoms with Gasteiger partial charge in [0.25, 0.3) is 0 Å². The van der Waals surface area contributed by atoms with Crippen molar-refractivity contribution in [3.8, 4) is 17.2 Å². The number of carbonyl (C=O) groups excluding carboxylic acids is 3. The maximum atomic E-state index is 14.5. The number of ketones is 3. The van der Waals surface area contributed by atoms with Crippen LogP contribution in [0.4, 0.5) is 5.69 Å². The van der Waals surface area contributed by atoms with Crippen LogP contribution in [0.3, 0.4) is 0 Å². The molecule has 1 fully saturated rings. The molecule has 1 aliphatic carbocycles. The molecule has 7 nitrogen and oxygen atoms in total. The van der Waals surface area contributed by atoms with Crippen molar-refractivity contribution < 1.29 is 28.6 Å². The second-order valence-electron chi connectivity index (χ2n) is 9.83. The van der Waals surface area contributed by atoms with Gasteiger partial charge in [0, 0.05) is 22.7 Å². The van der Waals surface area contributed by atoms with Crippen molar-refractivity contribution in [3.63, 3.8) is 0 Å². The number of Topliss-reactive ketones (excluding diaryl/α,β-unsaturated/α-hetero) is 3. The van der Waals surface area contributed by atoms with Gasteiger partial charge < -0.3 is 19.1 Å². The highest BCUT2D eigenvalue weighted by molar-refractivity contribution is 6.32. The molecular formula is C31H27NO6. The van der Waals surface area contributed by atoms with Crippen molar-refractivity contribution in [2.75, 3.05) is 26.2 Å². The van der Waals surface area contributed by atoms with Gasteiger partial charge in [0.05, 0.1) is 33.4 Å². The molecule has 192 valence electrons. The minimum absolute atomic E-state index is 0.146. The van der Waals surface area contributed by atoms with Gasteiger partial charge in [-0.25, -0.2) is 0 Å². The average molecular weight is 510 g/mol. The number of anilines is 1. The van der Waals surface area contributed by atoms with Gasteiger partial charge in [0.2, 0.25) is 5.75 Å². The molecule has 3 aromatic carbocycles. The molecule has 0 N–H and O–H groups in total. The third-order valence-corrected chi connectivity index (χ3v) is 8.18. The zero-order valence-electron chi connectivity index (χ0n) is 21.6. The Hall–Kier alpha value is -4.39. The third-order valence-electron chi connectivity index (χ3n) is 8.18. The topological polar surface area (TPSA) is 82.1 Å². The van der Waals surface area contributed by atoms with E-state index in [-0.39, 0.29) is 17.3 Å². The molecule has 1 saturated heterocycles. The number of rotatable bonds is 5. The Morgan fingerprint density at radius 2 is 1.42 bits per heavy atom. The van der Waals surface area contributed by atoms with Crippen LogP contribution in [0, 0.1) is 5.41 Å². The maximum absolute atomic E-state index is 14.5. The van der Waals surface area contributed by atoms with E-state index in [1.165, 1.54) is 28.3 Å². The number of methoxy groups -OCH3 is 3. The van der Waals surface area contributed by atoms with Gasteiger partial charge >= 0.3 is 0 Å². The standard InChI is InChI=1S/C31H27NO6/c1-17(33)27-26(19-15-23(36-2)28(38-4)24(16-19)37-3)31(29(34)20-10-6-7-11-21(20)30(31)35)25-14-13-18-9-5-8-12-22(18)32(25)27/h5-16,25-27H,1-4H3/t25-,26-,27+/m0/s1. The summed E-state index contributed by atoms with van der Waals surface area (Å²) in [5, 5.41) is 0. The first-order valence-corrected chi connectivity index (χ1v) is 12.4. The van der Waals surface area contributed by atoms with Crippen LogP contribution in [0.5, 0.6) is 17.2 Å². The van der Waals surface area contributed by atoms with Crippen LogP contribution < -0.4 is 19.1 Å². The molecule has 3 aromatic rings. The van der Waals surface area contributed by atoms with Crippen molar-refractivity contribution in [1.82, 2.24) is 0 Å². The lowest BCUT2D eigenvalue weighted by Gasteiger charge is -2.37. The molecule has 0 aromatic heterocycles. The Bertz CT molecular complexity index is 1480. The van der Waals surface area contributed by atoms with Gasteiger partial charge in [-0.05, 0) is 36.2 Å². The van der Waals surface area contributed by atoms with Gasteiger partial charge in [0.15, 0.2) is 28.8 Å². The summed E-state index contributed by atoms with van der Waals surface area (Å²) in [4.78, 5) is 44.5. The fraction of sp³-hybridized carbons (Fsp3) is 0.258. The van der Waals surface area contributed by atoms with E-state index < -0.39 is 23.4 Å². The monoisotopic (exact) mass is 509 g/mol. The fourth-order valence-corrected chi connectivity index (χ4v) is 6.72. The second kappa shape index (κ2) is 8.58. The number of ether oxygens (including phenoxy) is 3. The van der Waals surface area contributed by atoms with E-state index in [0.29, 0.717) is 33.9 Å². The van der Waals surface area contributed by atoms with Crippen LogP contribution in [-0.2, 0) is 4.79 Å². The molecule has 3 atom stereocenters. The van der Waals surface area contributed by atoms with Gasteiger partial charge in [0.1, 0.15) is 5.41 Å². The van der Waals surface area contributed by atoms with E-state index in [1.54, 1.807) is 36.4 Å². The van der Waals surface area contributed by atoms with Crippen LogP contribution in [-0.4, -0.2) is 50.8 Å². The molecule has 2 aliphatic heterocycles. The first-order chi connectivity index (χ1) is 18.4. The minimum Gasteiger partial charge on any atom is -0.493 e. The molecule has 0 bridgehead atoms. The van der Waals surface area contributed by atoms with Crippen LogP contribution in [0.25, 0.3) is 6.08 Å². The summed E-state index contributed by atoms with van der Waals surface area (Å²) in [6, 6.07) is 16.7. The Balaban J connectivity index is 1.70. The van der Waals surface area contributed by atoms with Gasteiger partial charge in [-0.15, -0.1) is 0 Å². The van der Waals surface area contributed by atoms with Crippen LogP contribution in [0.15, 0.2) is 66.7 Å². The molecule has 7 heteroatoms.